The van der Waals surface area contributed by atoms with E-state index in [4.69, 9.17) is 0 Å². The van der Waals surface area contributed by atoms with Crippen LogP contribution >= 0.6 is 0 Å². The van der Waals surface area contributed by atoms with Crippen molar-refractivity contribution in [3.63, 3.8) is 0 Å². The highest BCUT2D eigenvalue weighted by atomic mass is 32.2. The molecule has 0 amide bonds. The van der Waals surface area contributed by atoms with E-state index in [0.29, 0.717) is 24.9 Å². The summed E-state index contributed by atoms with van der Waals surface area (Å²) in [6, 6.07) is 0. The minimum absolute atomic E-state index is 0.608. The standard InChI is InChI=1S/C11H25N3O2S/c1-10(2)8-13-9-11-4-6-14(7-5-11)17(15,16)12-3/h10-13H,4-9H2,1-3H3. The van der Waals surface area contributed by atoms with Crippen LogP contribution in [0.5, 0.6) is 0 Å². The molecule has 5 nitrogen and oxygen atoms in total. The van der Waals surface area contributed by atoms with Crippen LogP contribution in [-0.4, -0.2) is 45.9 Å². The number of hydrogen-bond donors (Lipinski definition) is 2. The van der Waals surface area contributed by atoms with Crippen molar-refractivity contribution in [1.29, 1.82) is 0 Å². The molecule has 0 atom stereocenters. The average Bonchev–Trinajstić information content (AvgIpc) is 2.29. The minimum atomic E-state index is -3.22. The lowest BCUT2D eigenvalue weighted by Crippen LogP contribution is -2.45. The molecule has 1 saturated heterocycles. The number of hydrogen-bond acceptors (Lipinski definition) is 3. The lowest BCUT2D eigenvalue weighted by atomic mass is 9.98. The number of nitrogens with one attached hydrogen (secondary N) is 2. The van der Waals surface area contributed by atoms with Gasteiger partial charge in [0, 0.05) is 20.1 Å². The first-order valence-corrected chi connectivity index (χ1v) is 7.79. The van der Waals surface area contributed by atoms with Crippen LogP contribution in [0.3, 0.4) is 0 Å². The van der Waals surface area contributed by atoms with Gasteiger partial charge in [-0.15, -0.1) is 0 Å². The highest BCUT2D eigenvalue weighted by molar-refractivity contribution is 7.87. The molecule has 0 aromatic carbocycles. The van der Waals surface area contributed by atoms with Gasteiger partial charge in [0.25, 0.3) is 10.2 Å². The quantitative estimate of drug-likeness (QED) is 0.729. The smallest absolute Gasteiger partial charge is 0.279 e. The van der Waals surface area contributed by atoms with Crippen molar-refractivity contribution < 1.29 is 8.42 Å². The molecule has 1 aliphatic rings. The summed E-state index contributed by atoms with van der Waals surface area (Å²) in [7, 11) is -1.75. The third-order valence-electron chi connectivity index (χ3n) is 3.16. The van der Waals surface area contributed by atoms with Gasteiger partial charge in [-0.05, 0) is 37.8 Å². The molecular formula is C11H25N3O2S. The lowest BCUT2D eigenvalue weighted by molar-refractivity contribution is 0.264. The van der Waals surface area contributed by atoms with Crippen LogP contribution in [0.4, 0.5) is 0 Å². The first-order valence-electron chi connectivity index (χ1n) is 6.35. The van der Waals surface area contributed by atoms with Crippen molar-refractivity contribution in [2.75, 3.05) is 33.2 Å². The summed E-state index contributed by atoms with van der Waals surface area (Å²) in [5.41, 5.74) is 0. The predicted molar refractivity (Wildman–Crippen MR) is 70.0 cm³/mol. The van der Waals surface area contributed by atoms with E-state index in [1.165, 1.54) is 11.4 Å². The van der Waals surface area contributed by atoms with Gasteiger partial charge < -0.3 is 5.32 Å². The normalized spacial score (nSPS) is 20.0. The maximum Gasteiger partial charge on any atom is 0.279 e. The van der Waals surface area contributed by atoms with Crippen molar-refractivity contribution >= 4 is 10.2 Å². The zero-order chi connectivity index (χ0) is 12.9. The fourth-order valence-electron chi connectivity index (χ4n) is 2.06. The van der Waals surface area contributed by atoms with Crippen LogP contribution < -0.4 is 10.0 Å². The average molecular weight is 263 g/mol. The van der Waals surface area contributed by atoms with Crippen LogP contribution in [-0.2, 0) is 10.2 Å². The molecule has 0 aliphatic carbocycles. The summed E-state index contributed by atoms with van der Waals surface area (Å²) in [5, 5.41) is 3.44. The van der Waals surface area contributed by atoms with E-state index in [-0.39, 0.29) is 0 Å². The van der Waals surface area contributed by atoms with Crippen LogP contribution in [0.1, 0.15) is 26.7 Å². The molecule has 0 radical (unpaired) electrons. The Kier molecular flexibility index (Phi) is 5.85. The largest absolute Gasteiger partial charge is 0.316 e. The maximum absolute atomic E-state index is 11.6. The van der Waals surface area contributed by atoms with Crippen molar-refractivity contribution in [2.45, 2.75) is 26.7 Å². The van der Waals surface area contributed by atoms with Gasteiger partial charge in [-0.3, -0.25) is 0 Å². The molecule has 2 N–H and O–H groups in total. The fourth-order valence-corrected chi connectivity index (χ4v) is 3.01. The molecule has 0 unspecified atom stereocenters. The van der Waals surface area contributed by atoms with E-state index < -0.39 is 10.2 Å². The van der Waals surface area contributed by atoms with Gasteiger partial charge in [0.15, 0.2) is 0 Å². The van der Waals surface area contributed by atoms with Crippen LogP contribution in [0, 0.1) is 11.8 Å². The summed E-state index contributed by atoms with van der Waals surface area (Å²) in [5.74, 6) is 1.27. The summed E-state index contributed by atoms with van der Waals surface area (Å²) in [6.07, 6.45) is 1.90. The second kappa shape index (κ2) is 6.68. The van der Waals surface area contributed by atoms with E-state index in [0.717, 1.165) is 25.9 Å². The zero-order valence-electron chi connectivity index (χ0n) is 11.1. The van der Waals surface area contributed by atoms with Gasteiger partial charge >= 0.3 is 0 Å². The van der Waals surface area contributed by atoms with E-state index in [1.807, 2.05) is 0 Å². The molecule has 1 aliphatic heterocycles. The molecule has 0 aromatic rings. The second-order valence-corrected chi connectivity index (χ2v) is 6.98. The monoisotopic (exact) mass is 263 g/mol. The Morgan fingerprint density at radius 1 is 1.29 bits per heavy atom. The Labute approximate surface area is 105 Å². The Balaban J connectivity index is 2.27. The van der Waals surface area contributed by atoms with E-state index >= 15 is 0 Å². The van der Waals surface area contributed by atoms with Gasteiger partial charge in [-0.2, -0.15) is 12.7 Å². The summed E-state index contributed by atoms with van der Waals surface area (Å²) in [6.45, 7) is 7.69. The molecule has 1 heterocycles. The third kappa shape index (κ3) is 4.91. The van der Waals surface area contributed by atoms with E-state index in [2.05, 4.69) is 23.9 Å². The van der Waals surface area contributed by atoms with Crippen molar-refractivity contribution in [3.05, 3.63) is 0 Å². The molecule has 1 rings (SSSR count). The van der Waals surface area contributed by atoms with Gasteiger partial charge in [-0.25, -0.2) is 4.72 Å². The van der Waals surface area contributed by atoms with Gasteiger partial charge in [-0.1, -0.05) is 13.8 Å². The molecule has 0 bridgehead atoms. The topological polar surface area (TPSA) is 61.4 Å². The molecule has 6 heteroatoms. The maximum atomic E-state index is 11.6. The molecule has 0 aromatic heterocycles. The Bertz CT molecular complexity index is 309. The first-order chi connectivity index (χ1) is 7.95. The molecular weight excluding hydrogens is 238 g/mol. The van der Waals surface area contributed by atoms with Crippen molar-refractivity contribution in [3.8, 4) is 0 Å². The van der Waals surface area contributed by atoms with Gasteiger partial charge in [0.2, 0.25) is 0 Å². The summed E-state index contributed by atoms with van der Waals surface area (Å²) in [4.78, 5) is 0. The molecule has 0 spiro atoms. The number of piperidine rings is 1. The highest BCUT2D eigenvalue weighted by Gasteiger charge is 2.26. The number of nitrogens with zero attached hydrogens (tertiary/aromatic N) is 1. The van der Waals surface area contributed by atoms with E-state index in [1.54, 1.807) is 0 Å². The van der Waals surface area contributed by atoms with E-state index in [9.17, 15) is 8.42 Å². The Morgan fingerprint density at radius 2 is 1.88 bits per heavy atom. The third-order valence-corrected chi connectivity index (χ3v) is 4.72. The molecule has 0 saturated carbocycles. The van der Waals surface area contributed by atoms with Gasteiger partial charge in [0.1, 0.15) is 0 Å². The minimum Gasteiger partial charge on any atom is -0.316 e. The van der Waals surface area contributed by atoms with Crippen LogP contribution in [0.15, 0.2) is 0 Å². The second-order valence-electron chi connectivity index (χ2n) is 5.10. The molecule has 17 heavy (non-hydrogen) atoms. The zero-order valence-corrected chi connectivity index (χ0v) is 11.9. The SMILES string of the molecule is CNS(=O)(=O)N1CCC(CNCC(C)C)CC1. The number of rotatable bonds is 6. The van der Waals surface area contributed by atoms with Crippen LogP contribution in [0.2, 0.25) is 0 Å². The van der Waals surface area contributed by atoms with Gasteiger partial charge in [0.05, 0.1) is 0 Å². The van der Waals surface area contributed by atoms with Crippen LogP contribution in [0.25, 0.3) is 0 Å². The summed E-state index contributed by atoms with van der Waals surface area (Å²) < 4.78 is 27.0. The fraction of sp³-hybridized carbons (Fsp3) is 1.00. The molecule has 102 valence electrons. The van der Waals surface area contributed by atoms with Crippen molar-refractivity contribution in [2.24, 2.45) is 11.8 Å². The Hall–Kier alpha value is -0.170. The first kappa shape index (κ1) is 14.9. The Morgan fingerprint density at radius 3 is 2.35 bits per heavy atom. The summed E-state index contributed by atoms with van der Waals surface area (Å²) >= 11 is 0. The van der Waals surface area contributed by atoms with Crippen molar-refractivity contribution in [1.82, 2.24) is 14.3 Å². The predicted octanol–water partition coefficient (Wildman–Crippen LogP) is 0.408. The molecule has 1 fully saturated rings. The lowest BCUT2D eigenvalue weighted by Gasteiger charge is -2.31. The highest BCUT2D eigenvalue weighted by Crippen LogP contribution is 2.18.